The number of imide groups is 1. The first-order valence-corrected chi connectivity index (χ1v) is 15.3. The molecule has 3 saturated heterocycles. The minimum Gasteiger partial charge on any atom is -0.497 e. The quantitative estimate of drug-likeness (QED) is 0.344. The van der Waals surface area contributed by atoms with E-state index in [0.29, 0.717) is 25.3 Å². The van der Waals surface area contributed by atoms with Gasteiger partial charge in [0.15, 0.2) is 0 Å². The molecule has 3 aromatic rings. The molecule has 4 atom stereocenters. The Labute approximate surface area is 271 Å². The van der Waals surface area contributed by atoms with E-state index in [1.54, 1.807) is 7.11 Å². The number of carbonyl (C=O) groups excluding carboxylic acids is 3. The first-order valence-electron chi connectivity index (χ1n) is 14.5. The van der Waals surface area contributed by atoms with Crippen molar-refractivity contribution in [3.63, 3.8) is 0 Å². The lowest BCUT2D eigenvalue weighted by atomic mass is 9.74. The number of ether oxygens (including phenoxy) is 1. The van der Waals surface area contributed by atoms with Crippen LogP contribution >= 0.6 is 15.9 Å². The number of nitrogens with one attached hydrogen (secondary N) is 1. The minimum absolute atomic E-state index is 0.106. The molecule has 242 valence electrons. The van der Waals surface area contributed by atoms with Crippen LogP contribution in [0.1, 0.15) is 35.6 Å². The zero-order valence-corrected chi connectivity index (χ0v) is 26.3. The van der Waals surface area contributed by atoms with Crippen molar-refractivity contribution in [3.8, 4) is 5.75 Å². The van der Waals surface area contributed by atoms with Gasteiger partial charge < -0.3 is 14.7 Å². The number of piperidine rings is 1. The zero-order chi connectivity index (χ0) is 33.2. The van der Waals surface area contributed by atoms with E-state index in [0.717, 1.165) is 27.6 Å². The van der Waals surface area contributed by atoms with E-state index in [1.165, 1.54) is 4.90 Å². The van der Waals surface area contributed by atoms with Crippen molar-refractivity contribution in [1.29, 1.82) is 0 Å². The molecule has 3 aliphatic rings. The summed E-state index contributed by atoms with van der Waals surface area (Å²) in [4.78, 5) is 54.4. The highest BCUT2D eigenvalue weighted by molar-refractivity contribution is 9.10. The highest BCUT2D eigenvalue weighted by atomic mass is 79.9. The lowest BCUT2D eigenvalue weighted by molar-refractivity contribution is -0.192. The molecule has 6 rings (SSSR count). The van der Waals surface area contributed by atoms with Crippen molar-refractivity contribution in [2.24, 2.45) is 11.8 Å². The molecule has 3 amide bonds. The second-order valence-electron chi connectivity index (χ2n) is 11.4. The molecule has 3 aromatic carbocycles. The summed E-state index contributed by atoms with van der Waals surface area (Å²) < 4.78 is 38.0. The number of aliphatic carboxylic acids is 1. The number of likely N-dealkylation sites (tertiary alicyclic amines) is 2. The van der Waals surface area contributed by atoms with Crippen molar-refractivity contribution in [2.75, 3.05) is 13.7 Å². The zero-order valence-electron chi connectivity index (χ0n) is 24.7. The number of fused-ring (bicyclic) bond motifs is 2. The van der Waals surface area contributed by atoms with Gasteiger partial charge in [0.2, 0.25) is 17.7 Å². The van der Waals surface area contributed by atoms with E-state index in [4.69, 9.17) is 14.6 Å². The van der Waals surface area contributed by atoms with Crippen LogP contribution in [-0.2, 0) is 32.3 Å². The Morgan fingerprint density at radius 2 is 1.57 bits per heavy atom. The number of methoxy groups -OCH3 is 1. The number of carbonyl (C=O) groups is 4. The largest absolute Gasteiger partial charge is 0.497 e. The van der Waals surface area contributed by atoms with E-state index in [1.807, 2.05) is 83.8 Å². The Morgan fingerprint density at radius 3 is 2.15 bits per heavy atom. The number of halogens is 4. The van der Waals surface area contributed by atoms with Gasteiger partial charge in [0, 0.05) is 23.6 Å². The summed E-state index contributed by atoms with van der Waals surface area (Å²) in [5, 5.41) is 10.7. The predicted molar refractivity (Wildman–Crippen MR) is 163 cm³/mol. The van der Waals surface area contributed by atoms with Gasteiger partial charge in [-0.25, -0.2) is 4.79 Å². The van der Waals surface area contributed by atoms with Gasteiger partial charge in [0.05, 0.1) is 25.5 Å². The Hall–Kier alpha value is -4.23. The first-order chi connectivity index (χ1) is 21.9. The third kappa shape index (κ3) is 6.52. The summed E-state index contributed by atoms with van der Waals surface area (Å²) in [7, 11) is 1.61. The molecular weight excluding hydrogens is 671 g/mol. The topological polar surface area (TPSA) is 116 Å². The van der Waals surface area contributed by atoms with Gasteiger partial charge in [-0.15, -0.1) is 0 Å². The molecule has 9 nitrogen and oxygen atoms in total. The summed E-state index contributed by atoms with van der Waals surface area (Å²) in [5.41, 5.74) is 1.63. The number of rotatable bonds is 6. The molecule has 3 heterocycles. The monoisotopic (exact) mass is 701 g/mol. The number of hydrogen-bond donors (Lipinski definition) is 2. The number of carboxylic acids is 1. The lowest BCUT2D eigenvalue weighted by Crippen LogP contribution is -2.63. The van der Waals surface area contributed by atoms with Crippen LogP contribution < -0.4 is 10.1 Å². The van der Waals surface area contributed by atoms with Crippen LogP contribution in [0.25, 0.3) is 0 Å². The number of alkyl halides is 3. The van der Waals surface area contributed by atoms with Gasteiger partial charge >= 0.3 is 12.1 Å². The van der Waals surface area contributed by atoms with Gasteiger partial charge in [-0.3, -0.25) is 24.6 Å². The molecule has 0 bridgehead atoms. The van der Waals surface area contributed by atoms with Gasteiger partial charge in [0.25, 0.3) is 0 Å². The number of carboxylic acid groups (broad SMARTS) is 1. The van der Waals surface area contributed by atoms with E-state index in [-0.39, 0.29) is 24.3 Å². The summed E-state index contributed by atoms with van der Waals surface area (Å²) in [6, 6.07) is 24.5. The second-order valence-corrected chi connectivity index (χ2v) is 12.3. The number of amides is 3. The molecular formula is C33H31BrF3N3O6. The van der Waals surface area contributed by atoms with Gasteiger partial charge in [-0.1, -0.05) is 70.5 Å². The Bertz CT molecular complexity index is 1600. The van der Waals surface area contributed by atoms with Crippen molar-refractivity contribution in [3.05, 3.63) is 100 Å². The molecule has 0 aliphatic carbocycles. The van der Waals surface area contributed by atoms with Gasteiger partial charge in [-0.2, -0.15) is 13.2 Å². The highest BCUT2D eigenvalue weighted by Crippen LogP contribution is 2.52. The molecule has 46 heavy (non-hydrogen) atoms. The van der Waals surface area contributed by atoms with Crippen LogP contribution in [-0.4, -0.2) is 64.0 Å². The third-order valence-corrected chi connectivity index (χ3v) is 9.13. The highest BCUT2D eigenvalue weighted by Gasteiger charge is 2.69. The van der Waals surface area contributed by atoms with Crippen LogP contribution in [0, 0.1) is 11.8 Å². The number of benzene rings is 3. The Balaban J connectivity index is 0.000000537. The summed E-state index contributed by atoms with van der Waals surface area (Å²) >= 11 is 3.47. The van der Waals surface area contributed by atoms with E-state index in [2.05, 4.69) is 21.2 Å². The van der Waals surface area contributed by atoms with Crippen LogP contribution in [0.5, 0.6) is 5.75 Å². The van der Waals surface area contributed by atoms with E-state index >= 15 is 0 Å². The molecule has 0 unspecified atom stereocenters. The van der Waals surface area contributed by atoms with Crippen LogP contribution in [0.15, 0.2) is 83.3 Å². The average Bonchev–Trinajstić information content (AvgIpc) is 3.50. The molecule has 3 fully saturated rings. The smallest absolute Gasteiger partial charge is 0.490 e. The molecule has 0 saturated carbocycles. The fourth-order valence-electron chi connectivity index (χ4n) is 6.51. The fourth-order valence-corrected chi connectivity index (χ4v) is 6.77. The molecule has 1 spiro atoms. The first kappa shape index (κ1) is 33.1. The lowest BCUT2D eigenvalue weighted by Gasteiger charge is -2.42. The van der Waals surface area contributed by atoms with Gasteiger partial charge in [-0.05, 0) is 53.8 Å². The van der Waals surface area contributed by atoms with E-state index < -0.39 is 35.6 Å². The molecule has 0 radical (unpaired) electrons. The Kier molecular flexibility index (Phi) is 9.54. The molecule has 2 N–H and O–H groups in total. The fraction of sp³-hybridized carbons (Fsp3) is 0.333. The predicted octanol–water partition coefficient (Wildman–Crippen LogP) is 5.10. The van der Waals surface area contributed by atoms with Crippen molar-refractivity contribution in [1.82, 2.24) is 15.1 Å². The SMILES string of the molecule is COc1ccc([C@H]2N[C@]3(CCCN(Cc4ccc(Br)cc4)C3=O)[C@H]3C(=O)N(Cc4ccccc4)C(=O)[C@@H]23)cc1.O=C(O)C(F)(F)F. The van der Waals surface area contributed by atoms with Crippen molar-refractivity contribution >= 4 is 39.6 Å². The normalized spacial score (nSPS) is 24.1. The molecule has 0 aromatic heterocycles. The van der Waals surface area contributed by atoms with Crippen LogP contribution in [0.4, 0.5) is 13.2 Å². The van der Waals surface area contributed by atoms with Crippen LogP contribution in [0.2, 0.25) is 0 Å². The maximum atomic E-state index is 14.3. The average molecular weight is 703 g/mol. The standard InChI is InChI=1S/C31H30BrN3O4.C2HF3O2/c1-39-24-14-10-22(11-15-24)27-25-26(29(37)35(28(25)36)19-20-6-3-2-4-7-20)31(33-27)16-5-17-34(30(31)38)18-21-8-12-23(32)13-9-21;3-2(4,5)1(6)7/h2-4,6-15,25-27,33H,5,16-19H2,1H3;(H,6,7)/t25-,26-,27-,31-;/m1./s1. The summed E-state index contributed by atoms with van der Waals surface area (Å²) in [6.45, 7) is 1.27. The summed E-state index contributed by atoms with van der Waals surface area (Å²) in [6.07, 6.45) is -3.83. The van der Waals surface area contributed by atoms with Gasteiger partial charge in [0.1, 0.15) is 11.3 Å². The Morgan fingerprint density at radius 1 is 0.957 bits per heavy atom. The maximum Gasteiger partial charge on any atom is 0.490 e. The third-order valence-electron chi connectivity index (χ3n) is 8.60. The van der Waals surface area contributed by atoms with Crippen molar-refractivity contribution < 1.29 is 42.2 Å². The van der Waals surface area contributed by atoms with Crippen LogP contribution in [0.3, 0.4) is 0 Å². The molecule has 3 aliphatic heterocycles. The minimum atomic E-state index is -5.08. The molecule has 13 heteroatoms. The maximum absolute atomic E-state index is 14.3. The summed E-state index contributed by atoms with van der Waals surface area (Å²) in [5.74, 6) is -4.07. The number of hydrogen-bond acceptors (Lipinski definition) is 6. The van der Waals surface area contributed by atoms with Crippen molar-refractivity contribution in [2.45, 2.75) is 43.7 Å². The number of nitrogens with zero attached hydrogens (tertiary/aromatic N) is 2. The second kappa shape index (κ2) is 13.2. The van der Waals surface area contributed by atoms with E-state index in [9.17, 15) is 27.6 Å².